The Morgan fingerprint density at radius 2 is 2.06 bits per heavy atom. The summed E-state index contributed by atoms with van der Waals surface area (Å²) in [5.41, 5.74) is 5.01. The molecule has 2 aromatic carbocycles. The van der Waals surface area contributed by atoms with Crippen molar-refractivity contribution in [1.82, 2.24) is 25.5 Å². The zero-order valence-corrected chi connectivity index (χ0v) is 18.1. The van der Waals surface area contributed by atoms with Crippen LogP contribution in [0.5, 0.6) is 17.2 Å². The molecular weight excluding hydrogens is 426 g/mol. The Bertz CT molecular complexity index is 1290. The lowest BCUT2D eigenvalue weighted by Gasteiger charge is -2.10. The zero-order valence-electron chi connectivity index (χ0n) is 18.1. The van der Waals surface area contributed by atoms with Crippen molar-refractivity contribution in [2.24, 2.45) is 0 Å². The van der Waals surface area contributed by atoms with Crippen LogP contribution in [0.15, 0.2) is 54.9 Å². The molecule has 2 aromatic heterocycles. The largest absolute Gasteiger partial charge is 0.497 e. The summed E-state index contributed by atoms with van der Waals surface area (Å²) >= 11 is 0. The van der Waals surface area contributed by atoms with E-state index in [9.17, 15) is 4.79 Å². The second-order valence-corrected chi connectivity index (χ2v) is 7.14. The van der Waals surface area contributed by atoms with E-state index in [0.717, 1.165) is 22.2 Å². The summed E-state index contributed by atoms with van der Waals surface area (Å²) in [4.78, 5) is 14.4. The van der Waals surface area contributed by atoms with Crippen LogP contribution in [-0.2, 0) is 17.9 Å². The van der Waals surface area contributed by atoms with E-state index in [-0.39, 0.29) is 6.61 Å². The Morgan fingerprint density at radius 1 is 1.18 bits per heavy atom. The van der Waals surface area contributed by atoms with Gasteiger partial charge < -0.3 is 19.2 Å². The zero-order chi connectivity index (χ0) is 23.2. The van der Waals surface area contributed by atoms with E-state index in [1.807, 2.05) is 30.6 Å². The number of fused-ring (bicyclic) bond motifs is 1. The van der Waals surface area contributed by atoms with E-state index in [2.05, 4.69) is 15.3 Å². The van der Waals surface area contributed by atoms with Gasteiger partial charge in [0, 0.05) is 23.2 Å². The van der Waals surface area contributed by atoms with Gasteiger partial charge in [0.2, 0.25) is 0 Å². The fourth-order valence-corrected chi connectivity index (χ4v) is 3.34. The van der Waals surface area contributed by atoms with E-state index in [4.69, 9.17) is 19.4 Å². The lowest BCUT2D eigenvalue weighted by molar-refractivity contribution is -0.124. The van der Waals surface area contributed by atoms with Crippen LogP contribution < -0.4 is 19.7 Å². The number of nitrogens with zero attached hydrogens (tertiary/aromatic N) is 3. The van der Waals surface area contributed by atoms with Crippen molar-refractivity contribution in [2.75, 3.05) is 14.2 Å². The SMILES string of the molecule is COc1ccc2[nH]cc(Cn3cc(COc4ccc(/C=C/C(=O)NO)cc4OC)nn3)c2c1. The van der Waals surface area contributed by atoms with E-state index in [1.165, 1.54) is 18.7 Å². The smallest absolute Gasteiger partial charge is 0.267 e. The number of H-pyrrole nitrogens is 1. The highest BCUT2D eigenvalue weighted by atomic mass is 16.5. The average Bonchev–Trinajstić information content (AvgIpc) is 3.47. The number of hydroxylamine groups is 1. The first-order valence-electron chi connectivity index (χ1n) is 10.1. The van der Waals surface area contributed by atoms with E-state index < -0.39 is 5.91 Å². The monoisotopic (exact) mass is 449 g/mol. The van der Waals surface area contributed by atoms with Crippen LogP contribution in [0.2, 0.25) is 0 Å². The van der Waals surface area contributed by atoms with Crippen molar-refractivity contribution in [3.05, 3.63) is 71.7 Å². The quantitative estimate of drug-likeness (QED) is 0.204. The Morgan fingerprint density at radius 3 is 2.85 bits per heavy atom. The summed E-state index contributed by atoms with van der Waals surface area (Å²) in [6.07, 6.45) is 6.53. The number of rotatable bonds is 9. The number of benzene rings is 2. The molecule has 2 heterocycles. The number of aromatic amines is 1. The first-order chi connectivity index (χ1) is 16.1. The minimum Gasteiger partial charge on any atom is -0.497 e. The van der Waals surface area contributed by atoms with Crippen LogP contribution in [0.3, 0.4) is 0 Å². The van der Waals surface area contributed by atoms with Crippen molar-refractivity contribution in [2.45, 2.75) is 13.2 Å². The van der Waals surface area contributed by atoms with Crippen molar-refractivity contribution in [3.63, 3.8) is 0 Å². The summed E-state index contributed by atoms with van der Waals surface area (Å²) in [7, 11) is 3.18. The maximum absolute atomic E-state index is 11.1. The van der Waals surface area contributed by atoms with Gasteiger partial charge in [0.15, 0.2) is 11.5 Å². The predicted octanol–water partition coefficient (Wildman–Crippen LogP) is 2.92. The molecule has 10 nitrogen and oxygen atoms in total. The number of aromatic nitrogens is 4. The third-order valence-electron chi connectivity index (χ3n) is 4.99. The summed E-state index contributed by atoms with van der Waals surface area (Å²) in [5, 5.41) is 18.0. The molecule has 170 valence electrons. The molecule has 0 atom stereocenters. The second kappa shape index (κ2) is 9.88. The molecule has 4 aromatic rings. The standard InChI is InChI=1S/C23H23N5O5/c1-31-18-5-6-20-19(10-18)16(11-24-20)12-28-13-17(25-27-28)14-33-21-7-3-15(9-22(21)32-2)4-8-23(29)26-30/h3-11,13,24,30H,12,14H2,1-2H3,(H,26,29)/b8-4+. The van der Waals surface area contributed by atoms with Crippen LogP contribution >= 0.6 is 0 Å². The molecular formula is C23H23N5O5. The normalized spacial score (nSPS) is 11.1. The van der Waals surface area contributed by atoms with Crippen LogP contribution in [-0.4, -0.2) is 45.3 Å². The molecule has 4 rings (SSSR count). The van der Waals surface area contributed by atoms with Crippen LogP contribution in [0.1, 0.15) is 16.8 Å². The lowest BCUT2D eigenvalue weighted by Crippen LogP contribution is -2.14. The van der Waals surface area contributed by atoms with Crippen LogP contribution in [0, 0.1) is 0 Å². The average molecular weight is 449 g/mol. The number of nitrogens with one attached hydrogen (secondary N) is 2. The van der Waals surface area contributed by atoms with E-state index >= 15 is 0 Å². The maximum Gasteiger partial charge on any atom is 0.267 e. The van der Waals surface area contributed by atoms with Crippen molar-refractivity contribution in [3.8, 4) is 17.2 Å². The van der Waals surface area contributed by atoms with Gasteiger partial charge in [-0.2, -0.15) is 0 Å². The highest BCUT2D eigenvalue weighted by Crippen LogP contribution is 2.29. The van der Waals surface area contributed by atoms with Gasteiger partial charge in [0.1, 0.15) is 18.1 Å². The number of methoxy groups -OCH3 is 2. The molecule has 0 unspecified atom stereocenters. The third kappa shape index (κ3) is 5.13. The molecule has 3 N–H and O–H groups in total. The molecule has 33 heavy (non-hydrogen) atoms. The molecule has 0 aliphatic rings. The van der Waals surface area contributed by atoms with Gasteiger partial charge in [-0.15, -0.1) is 5.10 Å². The molecule has 0 radical (unpaired) electrons. The predicted molar refractivity (Wildman–Crippen MR) is 120 cm³/mol. The second-order valence-electron chi connectivity index (χ2n) is 7.14. The third-order valence-corrected chi connectivity index (χ3v) is 4.99. The Balaban J connectivity index is 1.42. The molecule has 0 spiro atoms. The lowest BCUT2D eigenvalue weighted by atomic mass is 10.1. The van der Waals surface area contributed by atoms with Gasteiger partial charge in [0.05, 0.1) is 27.0 Å². The molecule has 10 heteroatoms. The number of hydrogen-bond acceptors (Lipinski definition) is 7. The minimum atomic E-state index is -0.621. The van der Waals surface area contributed by atoms with Crippen molar-refractivity contribution >= 4 is 22.9 Å². The van der Waals surface area contributed by atoms with Crippen LogP contribution in [0.4, 0.5) is 0 Å². The number of carbonyl (C=O) groups is 1. The highest BCUT2D eigenvalue weighted by molar-refractivity contribution is 5.90. The summed E-state index contributed by atoms with van der Waals surface area (Å²) in [6, 6.07) is 11.1. The fraction of sp³-hybridized carbons (Fsp3) is 0.174. The number of carbonyl (C=O) groups excluding carboxylic acids is 1. The molecule has 1 amide bonds. The van der Waals surface area contributed by atoms with Gasteiger partial charge in [-0.05, 0) is 47.5 Å². The molecule has 0 fully saturated rings. The summed E-state index contributed by atoms with van der Waals surface area (Å²) in [5.74, 6) is 1.20. The molecule has 0 aliphatic carbocycles. The summed E-state index contributed by atoms with van der Waals surface area (Å²) in [6.45, 7) is 0.756. The molecule has 0 aliphatic heterocycles. The fourth-order valence-electron chi connectivity index (χ4n) is 3.34. The molecule has 0 saturated heterocycles. The Kier molecular flexibility index (Phi) is 6.56. The van der Waals surface area contributed by atoms with Crippen LogP contribution in [0.25, 0.3) is 17.0 Å². The number of amides is 1. The van der Waals surface area contributed by atoms with Crippen molar-refractivity contribution in [1.29, 1.82) is 0 Å². The van der Waals surface area contributed by atoms with Gasteiger partial charge >= 0.3 is 0 Å². The van der Waals surface area contributed by atoms with E-state index in [1.54, 1.807) is 36.1 Å². The van der Waals surface area contributed by atoms with Gasteiger partial charge in [-0.3, -0.25) is 10.0 Å². The number of hydrogen-bond donors (Lipinski definition) is 3. The highest BCUT2D eigenvalue weighted by Gasteiger charge is 2.10. The topological polar surface area (TPSA) is 124 Å². The Labute approximate surface area is 189 Å². The minimum absolute atomic E-state index is 0.209. The first-order valence-corrected chi connectivity index (χ1v) is 10.1. The van der Waals surface area contributed by atoms with Gasteiger partial charge in [-0.25, -0.2) is 10.2 Å². The number of ether oxygens (including phenoxy) is 3. The first kappa shape index (κ1) is 21.9. The van der Waals surface area contributed by atoms with Gasteiger partial charge in [-0.1, -0.05) is 11.3 Å². The summed E-state index contributed by atoms with van der Waals surface area (Å²) < 4.78 is 18.3. The van der Waals surface area contributed by atoms with Gasteiger partial charge in [0.25, 0.3) is 5.91 Å². The van der Waals surface area contributed by atoms with E-state index in [0.29, 0.717) is 29.3 Å². The Hall–Kier alpha value is -4.31. The maximum atomic E-state index is 11.1. The molecule has 0 bridgehead atoms. The molecule has 0 saturated carbocycles. The van der Waals surface area contributed by atoms with Crippen molar-refractivity contribution < 1.29 is 24.2 Å².